The molecule has 0 aliphatic carbocycles. The molecule has 2 unspecified atom stereocenters. The highest BCUT2D eigenvalue weighted by Gasteiger charge is 2.11. The molecular weight excluding hydrogens is 288 g/mol. The number of thiophene rings is 1. The topological polar surface area (TPSA) is 0 Å². The molecule has 1 aromatic heterocycles. The molecule has 0 amide bonds. The van der Waals surface area contributed by atoms with E-state index < -0.39 is 0 Å². The summed E-state index contributed by atoms with van der Waals surface area (Å²) in [6.45, 7) is 2.16. The molecular formula is C8H10Br2S. The van der Waals surface area contributed by atoms with Crippen molar-refractivity contribution in [3.63, 3.8) is 0 Å². The molecule has 62 valence electrons. The minimum atomic E-state index is 0.532. The Morgan fingerprint density at radius 3 is 2.73 bits per heavy atom. The van der Waals surface area contributed by atoms with E-state index in [1.54, 1.807) is 0 Å². The van der Waals surface area contributed by atoms with Gasteiger partial charge in [-0.05, 0) is 17.9 Å². The molecule has 0 aliphatic rings. The van der Waals surface area contributed by atoms with Crippen LogP contribution in [0.1, 0.15) is 11.8 Å². The van der Waals surface area contributed by atoms with Crippen molar-refractivity contribution < 1.29 is 0 Å². The van der Waals surface area contributed by atoms with E-state index in [1.807, 2.05) is 11.3 Å². The normalized spacial score (nSPS) is 16.3. The third kappa shape index (κ3) is 3.26. The molecule has 3 heteroatoms. The Hall–Kier alpha value is 0.660. The van der Waals surface area contributed by atoms with Gasteiger partial charge in [-0.3, -0.25) is 0 Å². The van der Waals surface area contributed by atoms with Crippen molar-refractivity contribution in [1.29, 1.82) is 0 Å². The van der Waals surface area contributed by atoms with Gasteiger partial charge in [0.2, 0.25) is 0 Å². The van der Waals surface area contributed by atoms with E-state index >= 15 is 0 Å². The predicted molar refractivity (Wildman–Crippen MR) is 59.1 cm³/mol. The summed E-state index contributed by atoms with van der Waals surface area (Å²) in [6.07, 6.45) is 1.12. The number of hydrogen-bond donors (Lipinski definition) is 0. The minimum Gasteiger partial charge on any atom is -0.149 e. The molecule has 0 aromatic carbocycles. The first-order valence-corrected chi connectivity index (χ1v) is 6.22. The molecule has 0 aliphatic heterocycles. The van der Waals surface area contributed by atoms with Crippen molar-refractivity contribution >= 4 is 43.2 Å². The summed E-state index contributed by atoms with van der Waals surface area (Å²) in [5.41, 5.74) is 0. The molecule has 1 rings (SSSR count). The first-order chi connectivity index (χ1) is 5.20. The standard InChI is InChI=1S/C8H10Br2S/c1-6(9)8(10)5-7-3-2-4-11-7/h2-4,6,8H,5H2,1H3. The molecule has 0 N–H and O–H groups in total. The lowest BCUT2D eigenvalue weighted by molar-refractivity contribution is 0.868. The third-order valence-corrected chi connectivity index (χ3v) is 4.84. The zero-order chi connectivity index (χ0) is 8.27. The molecule has 0 spiro atoms. The highest BCUT2D eigenvalue weighted by molar-refractivity contribution is 9.12. The van der Waals surface area contributed by atoms with Gasteiger partial charge in [0.1, 0.15) is 0 Å². The molecule has 0 bridgehead atoms. The fourth-order valence-corrected chi connectivity index (χ4v) is 2.30. The van der Waals surface area contributed by atoms with Gasteiger partial charge in [0.15, 0.2) is 0 Å². The smallest absolute Gasteiger partial charge is 0.0316 e. The van der Waals surface area contributed by atoms with Gasteiger partial charge >= 0.3 is 0 Å². The van der Waals surface area contributed by atoms with Crippen molar-refractivity contribution in [3.8, 4) is 0 Å². The van der Waals surface area contributed by atoms with Gasteiger partial charge in [-0.25, -0.2) is 0 Å². The lowest BCUT2D eigenvalue weighted by Crippen LogP contribution is -2.11. The number of hydrogen-bond acceptors (Lipinski definition) is 1. The molecule has 11 heavy (non-hydrogen) atoms. The molecule has 1 aromatic rings. The average Bonchev–Trinajstić information content (AvgIpc) is 2.39. The van der Waals surface area contributed by atoms with Crippen molar-refractivity contribution in [2.75, 3.05) is 0 Å². The molecule has 2 atom stereocenters. The quantitative estimate of drug-likeness (QED) is 0.744. The van der Waals surface area contributed by atoms with E-state index in [4.69, 9.17) is 0 Å². The minimum absolute atomic E-state index is 0.532. The van der Waals surface area contributed by atoms with Crippen molar-refractivity contribution in [2.45, 2.75) is 23.0 Å². The van der Waals surface area contributed by atoms with E-state index in [2.05, 4.69) is 56.3 Å². The van der Waals surface area contributed by atoms with Crippen LogP contribution in [0.15, 0.2) is 17.5 Å². The van der Waals surface area contributed by atoms with E-state index in [1.165, 1.54) is 4.88 Å². The van der Waals surface area contributed by atoms with Gasteiger partial charge in [-0.15, -0.1) is 11.3 Å². The summed E-state index contributed by atoms with van der Waals surface area (Å²) in [4.78, 5) is 2.52. The number of halogens is 2. The van der Waals surface area contributed by atoms with E-state index in [-0.39, 0.29) is 0 Å². The number of rotatable bonds is 3. The molecule has 0 radical (unpaired) electrons. The number of alkyl halides is 2. The van der Waals surface area contributed by atoms with Crippen LogP contribution in [0, 0.1) is 0 Å². The third-order valence-electron chi connectivity index (χ3n) is 1.47. The van der Waals surface area contributed by atoms with E-state index in [0.717, 1.165) is 6.42 Å². The van der Waals surface area contributed by atoms with Gasteiger partial charge in [0.25, 0.3) is 0 Å². The van der Waals surface area contributed by atoms with Crippen molar-refractivity contribution in [3.05, 3.63) is 22.4 Å². The fourth-order valence-electron chi connectivity index (χ4n) is 0.783. The Morgan fingerprint density at radius 1 is 1.55 bits per heavy atom. The van der Waals surface area contributed by atoms with Gasteiger partial charge in [0, 0.05) is 14.5 Å². The Balaban J connectivity index is 2.43. The fraction of sp³-hybridized carbons (Fsp3) is 0.500. The van der Waals surface area contributed by atoms with Crippen LogP contribution < -0.4 is 0 Å². The Morgan fingerprint density at radius 2 is 2.27 bits per heavy atom. The highest BCUT2D eigenvalue weighted by atomic mass is 79.9. The predicted octanol–water partition coefficient (Wildman–Crippen LogP) is 3.84. The first-order valence-electron chi connectivity index (χ1n) is 3.50. The monoisotopic (exact) mass is 296 g/mol. The molecule has 0 fully saturated rings. The summed E-state index contributed by atoms with van der Waals surface area (Å²) < 4.78 is 0. The highest BCUT2D eigenvalue weighted by Crippen LogP contribution is 2.21. The SMILES string of the molecule is CC(Br)C(Br)Cc1cccs1. The van der Waals surface area contributed by atoms with E-state index in [9.17, 15) is 0 Å². The van der Waals surface area contributed by atoms with Crippen molar-refractivity contribution in [1.82, 2.24) is 0 Å². The lowest BCUT2D eigenvalue weighted by Gasteiger charge is -2.09. The summed E-state index contributed by atoms with van der Waals surface area (Å²) in [7, 11) is 0. The zero-order valence-corrected chi connectivity index (χ0v) is 10.2. The average molecular weight is 298 g/mol. The second kappa shape index (κ2) is 4.63. The van der Waals surface area contributed by atoms with Gasteiger partial charge in [-0.1, -0.05) is 44.8 Å². The van der Waals surface area contributed by atoms with Crippen LogP contribution in [-0.2, 0) is 6.42 Å². The summed E-state index contributed by atoms with van der Waals surface area (Å²) in [5.74, 6) is 0. The second-order valence-electron chi connectivity index (χ2n) is 2.48. The van der Waals surface area contributed by atoms with Crippen LogP contribution in [0.25, 0.3) is 0 Å². The lowest BCUT2D eigenvalue weighted by atomic mass is 10.2. The van der Waals surface area contributed by atoms with Gasteiger partial charge in [-0.2, -0.15) is 0 Å². The maximum absolute atomic E-state index is 3.62. The van der Waals surface area contributed by atoms with Crippen LogP contribution in [0.5, 0.6) is 0 Å². The Kier molecular flexibility index (Phi) is 4.10. The largest absolute Gasteiger partial charge is 0.149 e. The van der Waals surface area contributed by atoms with Crippen LogP contribution >= 0.6 is 43.2 Å². The maximum atomic E-state index is 3.62. The van der Waals surface area contributed by atoms with Gasteiger partial charge < -0.3 is 0 Å². The first kappa shape index (κ1) is 9.75. The van der Waals surface area contributed by atoms with Crippen molar-refractivity contribution in [2.24, 2.45) is 0 Å². The summed E-state index contributed by atoms with van der Waals surface area (Å²) >= 11 is 8.98. The molecule has 1 heterocycles. The van der Waals surface area contributed by atoms with Crippen LogP contribution in [-0.4, -0.2) is 9.65 Å². The molecule has 0 saturated heterocycles. The van der Waals surface area contributed by atoms with Crippen LogP contribution in [0.4, 0.5) is 0 Å². The van der Waals surface area contributed by atoms with Crippen LogP contribution in [0.2, 0.25) is 0 Å². The maximum Gasteiger partial charge on any atom is 0.0316 e. The van der Waals surface area contributed by atoms with Gasteiger partial charge in [0.05, 0.1) is 0 Å². The molecule has 0 nitrogen and oxygen atoms in total. The summed E-state index contributed by atoms with van der Waals surface area (Å²) in [5, 5.41) is 2.12. The molecule has 0 saturated carbocycles. The van der Waals surface area contributed by atoms with Crippen LogP contribution in [0.3, 0.4) is 0 Å². The second-order valence-corrected chi connectivity index (χ2v) is 6.13. The summed E-state index contributed by atoms with van der Waals surface area (Å²) in [6, 6.07) is 4.27. The van der Waals surface area contributed by atoms with E-state index in [0.29, 0.717) is 9.65 Å². The zero-order valence-electron chi connectivity index (χ0n) is 6.26. The Bertz CT molecular complexity index is 194. The Labute approximate surface area is 88.3 Å².